The van der Waals surface area contributed by atoms with Crippen molar-refractivity contribution in [3.05, 3.63) is 35.4 Å². The van der Waals surface area contributed by atoms with E-state index in [1.807, 2.05) is 20.8 Å². The second-order valence-corrected chi connectivity index (χ2v) is 5.55. The lowest BCUT2D eigenvalue weighted by Gasteiger charge is -2.25. The summed E-state index contributed by atoms with van der Waals surface area (Å²) in [5.41, 5.74) is -0.442. The third-order valence-corrected chi connectivity index (χ3v) is 4.24. The summed E-state index contributed by atoms with van der Waals surface area (Å²) in [6, 6.07) is 4.89. The lowest BCUT2D eigenvalue weighted by molar-refractivity contribution is -0.137. The van der Waals surface area contributed by atoms with E-state index in [0.717, 1.165) is 12.1 Å². The van der Waals surface area contributed by atoms with Crippen LogP contribution >= 0.6 is 0 Å². The second kappa shape index (κ2) is 5.37. The van der Waals surface area contributed by atoms with Crippen molar-refractivity contribution in [1.29, 1.82) is 0 Å². The molecule has 0 aliphatic carbocycles. The number of benzene rings is 1. The van der Waals surface area contributed by atoms with Crippen LogP contribution in [0.4, 0.5) is 13.2 Å². The standard InChI is InChI=1S/C15H19F3O2/c1-8-9(2)20-10(3)13(8)14(19)11-5-4-6-12(7-11)15(16,17)18/h4-10,13-14,19H,1-3H3. The normalized spacial score (nSPS) is 32.4. The van der Waals surface area contributed by atoms with Gasteiger partial charge in [-0.15, -0.1) is 0 Å². The summed E-state index contributed by atoms with van der Waals surface area (Å²) in [4.78, 5) is 0. The molecule has 0 saturated carbocycles. The summed E-state index contributed by atoms with van der Waals surface area (Å²) < 4.78 is 43.8. The Labute approximate surface area is 116 Å². The van der Waals surface area contributed by atoms with Gasteiger partial charge in [0, 0.05) is 5.92 Å². The van der Waals surface area contributed by atoms with Crippen LogP contribution in [-0.4, -0.2) is 17.3 Å². The fraction of sp³-hybridized carbons (Fsp3) is 0.600. The second-order valence-electron chi connectivity index (χ2n) is 5.55. The zero-order chi connectivity index (χ0) is 15.1. The van der Waals surface area contributed by atoms with E-state index in [0.29, 0.717) is 5.56 Å². The minimum atomic E-state index is -4.40. The van der Waals surface area contributed by atoms with Gasteiger partial charge in [0.15, 0.2) is 0 Å². The number of aliphatic hydroxyl groups excluding tert-OH is 1. The highest BCUT2D eigenvalue weighted by molar-refractivity contribution is 5.28. The Bertz CT molecular complexity index is 472. The molecule has 0 amide bonds. The Hall–Kier alpha value is -1.07. The van der Waals surface area contributed by atoms with Gasteiger partial charge in [0.1, 0.15) is 0 Å². The van der Waals surface area contributed by atoms with Crippen LogP contribution in [0.3, 0.4) is 0 Å². The van der Waals surface area contributed by atoms with Crippen LogP contribution in [-0.2, 0) is 10.9 Å². The smallest absolute Gasteiger partial charge is 0.388 e. The minimum Gasteiger partial charge on any atom is -0.388 e. The van der Waals surface area contributed by atoms with Crippen molar-refractivity contribution >= 4 is 0 Å². The van der Waals surface area contributed by atoms with Crippen molar-refractivity contribution in [3.8, 4) is 0 Å². The van der Waals surface area contributed by atoms with E-state index in [2.05, 4.69) is 0 Å². The van der Waals surface area contributed by atoms with Crippen molar-refractivity contribution in [3.63, 3.8) is 0 Å². The maximum Gasteiger partial charge on any atom is 0.416 e. The van der Waals surface area contributed by atoms with Crippen LogP contribution in [0.1, 0.15) is 38.0 Å². The summed E-state index contributed by atoms with van der Waals surface area (Å²) in [6.45, 7) is 5.72. The summed E-state index contributed by atoms with van der Waals surface area (Å²) >= 11 is 0. The molecular formula is C15H19F3O2. The number of ether oxygens (including phenoxy) is 1. The Morgan fingerprint density at radius 2 is 1.80 bits per heavy atom. The van der Waals surface area contributed by atoms with E-state index >= 15 is 0 Å². The van der Waals surface area contributed by atoms with Gasteiger partial charge in [0.05, 0.1) is 23.9 Å². The van der Waals surface area contributed by atoms with Gasteiger partial charge in [-0.3, -0.25) is 0 Å². The SMILES string of the molecule is CC1OC(C)C(C(O)c2cccc(C(F)(F)F)c2)C1C. The molecule has 2 rings (SSSR count). The molecule has 0 aromatic heterocycles. The third kappa shape index (κ3) is 2.83. The van der Waals surface area contributed by atoms with E-state index in [9.17, 15) is 18.3 Å². The van der Waals surface area contributed by atoms with Crippen LogP contribution in [0.5, 0.6) is 0 Å². The molecule has 5 heteroatoms. The maximum atomic E-state index is 12.7. The molecule has 1 aliphatic heterocycles. The molecule has 0 bridgehead atoms. The summed E-state index contributed by atoms with van der Waals surface area (Å²) in [5.74, 6) is -0.108. The van der Waals surface area contributed by atoms with Gasteiger partial charge in [0.25, 0.3) is 0 Å². The fourth-order valence-electron chi connectivity index (χ4n) is 2.96. The Balaban J connectivity index is 2.28. The van der Waals surface area contributed by atoms with Gasteiger partial charge in [-0.05, 0) is 37.5 Å². The van der Waals surface area contributed by atoms with Crippen LogP contribution < -0.4 is 0 Å². The Morgan fingerprint density at radius 1 is 1.15 bits per heavy atom. The topological polar surface area (TPSA) is 29.5 Å². The van der Waals surface area contributed by atoms with Crippen molar-refractivity contribution in [2.24, 2.45) is 11.8 Å². The highest BCUT2D eigenvalue weighted by Crippen LogP contribution is 2.41. The lowest BCUT2D eigenvalue weighted by Crippen LogP contribution is -2.25. The van der Waals surface area contributed by atoms with Crippen LogP contribution in [0, 0.1) is 11.8 Å². The van der Waals surface area contributed by atoms with Crippen molar-refractivity contribution < 1.29 is 23.0 Å². The molecule has 1 aromatic rings. The van der Waals surface area contributed by atoms with Gasteiger partial charge in [-0.25, -0.2) is 0 Å². The molecule has 1 saturated heterocycles. The predicted molar refractivity (Wildman–Crippen MR) is 69.1 cm³/mol. The molecule has 0 radical (unpaired) electrons. The first-order valence-electron chi connectivity index (χ1n) is 6.72. The number of alkyl halides is 3. The largest absolute Gasteiger partial charge is 0.416 e. The molecule has 1 heterocycles. The van der Waals surface area contributed by atoms with E-state index in [1.54, 1.807) is 0 Å². The van der Waals surface area contributed by atoms with Gasteiger partial charge >= 0.3 is 6.18 Å². The molecule has 1 aromatic carbocycles. The fourth-order valence-corrected chi connectivity index (χ4v) is 2.96. The molecule has 5 atom stereocenters. The molecule has 112 valence electrons. The first-order chi connectivity index (χ1) is 9.21. The van der Waals surface area contributed by atoms with Crippen LogP contribution in [0.25, 0.3) is 0 Å². The van der Waals surface area contributed by atoms with Crippen molar-refractivity contribution in [2.75, 3.05) is 0 Å². The monoisotopic (exact) mass is 288 g/mol. The van der Waals surface area contributed by atoms with Gasteiger partial charge in [0.2, 0.25) is 0 Å². The van der Waals surface area contributed by atoms with Gasteiger partial charge < -0.3 is 9.84 Å². The number of halogens is 3. The summed E-state index contributed by atoms with van der Waals surface area (Å²) in [5, 5.41) is 10.4. The van der Waals surface area contributed by atoms with Crippen LogP contribution in [0.15, 0.2) is 24.3 Å². The molecule has 1 N–H and O–H groups in total. The number of hydrogen-bond donors (Lipinski definition) is 1. The molecule has 1 fully saturated rings. The number of aliphatic hydroxyl groups is 1. The van der Waals surface area contributed by atoms with Gasteiger partial charge in [-0.1, -0.05) is 19.1 Å². The zero-order valence-electron chi connectivity index (χ0n) is 11.7. The molecule has 1 aliphatic rings. The van der Waals surface area contributed by atoms with Crippen LogP contribution in [0.2, 0.25) is 0 Å². The number of rotatable bonds is 2. The van der Waals surface area contributed by atoms with Crippen molar-refractivity contribution in [1.82, 2.24) is 0 Å². The maximum absolute atomic E-state index is 12.7. The van der Waals surface area contributed by atoms with E-state index in [4.69, 9.17) is 4.74 Å². The molecule has 5 unspecified atom stereocenters. The Morgan fingerprint density at radius 3 is 2.30 bits per heavy atom. The van der Waals surface area contributed by atoms with Gasteiger partial charge in [-0.2, -0.15) is 13.2 Å². The summed E-state index contributed by atoms with van der Waals surface area (Å²) in [6.07, 6.45) is -5.53. The number of hydrogen-bond acceptors (Lipinski definition) is 2. The van der Waals surface area contributed by atoms with E-state index in [1.165, 1.54) is 12.1 Å². The zero-order valence-corrected chi connectivity index (χ0v) is 11.7. The molecule has 2 nitrogen and oxygen atoms in total. The average Bonchev–Trinajstić information content (AvgIpc) is 2.62. The lowest BCUT2D eigenvalue weighted by atomic mass is 9.82. The van der Waals surface area contributed by atoms with E-state index < -0.39 is 17.8 Å². The predicted octanol–water partition coefficient (Wildman–Crippen LogP) is 3.80. The quantitative estimate of drug-likeness (QED) is 0.897. The third-order valence-electron chi connectivity index (χ3n) is 4.24. The first-order valence-corrected chi connectivity index (χ1v) is 6.72. The Kier molecular flexibility index (Phi) is 4.12. The minimum absolute atomic E-state index is 0.00421. The van der Waals surface area contributed by atoms with Crippen molar-refractivity contribution in [2.45, 2.75) is 45.3 Å². The molecule has 0 spiro atoms. The highest BCUT2D eigenvalue weighted by atomic mass is 19.4. The van der Waals surface area contributed by atoms with E-state index in [-0.39, 0.29) is 24.0 Å². The highest BCUT2D eigenvalue weighted by Gasteiger charge is 2.42. The summed E-state index contributed by atoms with van der Waals surface area (Å²) in [7, 11) is 0. The molecular weight excluding hydrogens is 269 g/mol. The first kappa shape index (κ1) is 15.3. The molecule has 20 heavy (non-hydrogen) atoms. The average molecular weight is 288 g/mol.